The summed E-state index contributed by atoms with van der Waals surface area (Å²) in [5, 5.41) is 11.9. The third-order valence-electron chi connectivity index (χ3n) is 5.56. The van der Waals surface area contributed by atoms with Crippen LogP contribution in [0.3, 0.4) is 0 Å². The number of aromatic nitrogens is 4. The summed E-state index contributed by atoms with van der Waals surface area (Å²) in [7, 11) is 0. The van der Waals surface area contributed by atoms with Crippen molar-refractivity contribution in [2.45, 2.75) is 13.1 Å². The molecule has 1 amide bonds. The van der Waals surface area contributed by atoms with Gasteiger partial charge in [0.2, 0.25) is 5.91 Å². The summed E-state index contributed by atoms with van der Waals surface area (Å²) in [5.41, 5.74) is 1.21. The lowest BCUT2D eigenvalue weighted by Crippen LogP contribution is -2.49. The third-order valence-corrected chi connectivity index (χ3v) is 5.56. The van der Waals surface area contributed by atoms with E-state index in [4.69, 9.17) is 4.74 Å². The van der Waals surface area contributed by atoms with Crippen molar-refractivity contribution in [1.82, 2.24) is 34.9 Å². The molecule has 0 unspecified atom stereocenters. The van der Waals surface area contributed by atoms with Crippen LogP contribution in [0.15, 0.2) is 36.4 Å². The minimum Gasteiger partial charge on any atom is -0.379 e. The first kappa shape index (κ1) is 20.6. The Morgan fingerprint density at radius 3 is 2.53 bits per heavy atom. The summed E-state index contributed by atoms with van der Waals surface area (Å²) in [6.45, 7) is 8.14. The maximum atomic E-state index is 12.8. The molecule has 2 saturated heterocycles. The number of tetrazole rings is 1. The van der Waals surface area contributed by atoms with Crippen LogP contribution in [0.1, 0.15) is 11.4 Å². The smallest absolute Gasteiger partial charge is 0.244 e. The lowest BCUT2D eigenvalue weighted by molar-refractivity contribution is -0.133. The normalized spacial score (nSPS) is 18.9. The number of amides is 1. The Morgan fingerprint density at radius 1 is 1.00 bits per heavy atom. The van der Waals surface area contributed by atoms with Crippen molar-refractivity contribution < 1.29 is 9.53 Å². The quantitative estimate of drug-likeness (QED) is 0.651. The Hall–Kier alpha value is -2.62. The fraction of sp³-hybridized carbons (Fsp3) is 0.524. The van der Waals surface area contributed by atoms with Gasteiger partial charge in [-0.15, -0.1) is 5.10 Å². The molecule has 2 aromatic rings. The molecule has 0 aliphatic carbocycles. The van der Waals surface area contributed by atoms with Gasteiger partial charge in [0.1, 0.15) is 6.54 Å². The van der Waals surface area contributed by atoms with E-state index in [1.807, 2.05) is 23.1 Å². The van der Waals surface area contributed by atoms with Gasteiger partial charge in [-0.2, -0.15) is 0 Å². The zero-order chi connectivity index (χ0) is 20.6. The number of ether oxygens (including phenoxy) is 1. The van der Waals surface area contributed by atoms with E-state index in [0.717, 1.165) is 64.9 Å². The van der Waals surface area contributed by atoms with Gasteiger partial charge in [0.05, 0.1) is 19.8 Å². The number of hydrogen-bond donors (Lipinski definition) is 0. The van der Waals surface area contributed by atoms with E-state index in [0.29, 0.717) is 6.54 Å². The minimum atomic E-state index is 0.0741. The number of carbonyl (C=O) groups excluding carboxylic acids is 1. The van der Waals surface area contributed by atoms with Crippen molar-refractivity contribution in [3.63, 3.8) is 0 Å². The molecule has 1 aromatic heterocycles. The molecule has 0 spiro atoms. The molecule has 2 aliphatic heterocycles. The first-order chi connectivity index (χ1) is 14.8. The van der Waals surface area contributed by atoms with Gasteiger partial charge in [-0.1, -0.05) is 42.5 Å². The Morgan fingerprint density at radius 2 is 1.77 bits per heavy atom. The first-order valence-corrected chi connectivity index (χ1v) is 10.5. The maximum Gasteiger partial charge on any atom is 0.244 e. The second kappa shape index (κ2) is 10.4. The minimum absolute atomic E-state index is 0.0741. The van der Waals surface area contributed by atoms with Gasteiger partial charge in [0.25, 0.3) is 0 Å². The highest BCUT2D eigenvalue weighted by molar-refractivity contribution is 5.76. The highest BCUT2D eigenvalue weighted by Gasteiger charge is 2.23. The molecule has 0 saturated carbocycles. The van der Waals surface area contributed by atoms with E-state index in [1.165, 1.54) is 5.56 Å². The average Bonchev–Trinajstić information content (AvgIpc) is 3.22. The number of rotatable bonds is 7. The molecular weight excluding hydrogens is 382 g/mol. The van der Waals surface area contributed by atoms with Crippen molar-refractivity contribution in [2.24, 2.45) is 0 Å². The largest absolute Gasteiger partial charge is 0.379 e. The number of piperazine rings is 1. The average molecular weight is 412 g/mol. The van der Waals surface area contributed by atoms with Crippen molar-refractivity contribution in [3.05, 3.63) is 47.8 Å². The van der Waals surface area contributed by atoms with Crippen LogP contribution in [0.25, 0.3) is 6.08 Å². The molecule has 0 N–H and O–H groups in total. The summed E-state index contributed by atoms with van der Waals surface area (Å²) >= 11 is 0. The van der Waals surface area contributed by atoms with Crippen LogP contribution in [-0.4, -0.2) is 99.8 Å². The molecule has 30 heavy (non-hydrogen) atoms. The fourth-order valence-electron chi connectivity index (χ4n) is 3.73. The van der Waals surface area contributed by atoms with Crippen LogP contribution < -0.4 is 0 Å². The van der Waals surface area contributed by atoms with Crippen LogP contribution in [0.2, 0.25) is 0 Å². The molecular formula is C21H29N7O2. The second-order valence-electron chi connectivity index (χ2n) is 7.64. The van der Waals surface area contributed by atoms with E-state index >= 15 is 0 Å². The number of morpholine rings is 1. The Balaban J connectivity index is 1.22. The molecule has 1 aromatic carbocycles. The van der Waals surface area contributed by atoms with Crippen molar-refractivity contribution in [1.29, 1.82) is 0 Å². The van der Waals surface area contributed by atoms with Gasteiger partial charge in [-0.3, -0.25) is 14.6 Å². The van der Waals surface area contributed by atoms with Gasteiger partial charge in [0.15, 0.2) is 5.82 Å². The van der Waals surface area contributed by atoms with Crippen molar-refractivity contribution >= 4 is 12.0 Å². The van der Waals surface area contributed by atoms with Crippen molar-refractivity contribution in [2.75, 3.05) is 59.0 Å². The fourth-order valence-corrected chi connectivity index (χ4v) is 3.73. The maximum absolute atomic E-state index is 12.8. The number of benzene rings is 1. The molecule has 2 aliphatic rings. The van der Waals surface area contributed by atoms with Gasteiger partial charge in [0, 0.05) is 45.8 Å². The topological polar surface area (TPSA) is 79.6 Å². The summed E-state index contributed by atoms with van der Waals surface area (Å²) in [4.78, 5) is 19.3. The number of hydrogen-bond acceptors (Lipinski definition) is 7. The number of carbonyl (C=O) groups is 1. The molecule has 0 atom stereocenters. The monoisotopic (exact) mass is 411 g/mol. The molecule has 3 heterocycles. The number of nitrogens with zero attached hydrogens (tertiary/aromatic N) is 7. The SMILES string of the molecule is O=C(Cn1nnnc1CN1CCOCC1)N1CCN(CC=Cc2ccccc2)CC1. The lowest BCUT2D eigenvalue weighted by Gasteiger charge is -2.34. The predicted octanol–water partition coefficient (Wildman–Crippen LogP) is 0.363. The Kier molecular flexibility index (Phi) is 7.17. The molecule has 0 radical (unpaired) electrons. The van der Waals surface area contributed by atoms with E-state index in [2.05, 4.69) is 49.6 Å². The second-order valence-corrected chi connectivity index (χ2v) is 7.64. The Labute approximate surface area is 176 Å². The van der Waals surface area contributed by atoms with Crippen LogP contribution in [0.4, 0.5) is 0 Å². The predicted molar refractivity (Wildman–Crippen MR) is 112 cm³/mol. The molecule has 9 nitrogen and oxygen atoms in total. The molecule has 0 bridgehead atoms. The van der Waals surface area contributed by atoms with Gasteiger partial charge >= 0.3 is 0 Å². The molecule has 2 fully saturated rings. The molecule has 9 heteroatoms. The zero-order valence-corrected chi connectivity index (χ0v) is 17.3. The van der Waals surface area contributed by atoms with Crippen LogP contribution in [0, 0.1) is 0 Å². The Bertz CT molecular complexity index is 825. The lowest BCUT2D eigenvalue weighted by atomic mass is 10.2. The molecule has 160 valence electrons. The third kappa shape index (κ3) is 5.71. The van der Waals surface area contributed by atoms with E-state index in [-0.39, 0.29) is 12.5 Å². The van der Waals surface area contributed by atoms with E-state index in [9.17, 15) is 4.79 Å². The van der Waals surface area contributed by atoms with Crippen LogP contribution in [-0.2, 0) is 22.6 Å². The highest BCUT2D eigenvalue weighted by atomic mass is 16.5. The summed E-state index contributed by atoms with van der Waals surface area (Å²) in [6, 6.07) is 10.3. The van der Waals surface area contributed by atoms with E-state index in [1.54, 1.807) is 4.68 Å². The highest BCUT2D eigenvalue weighted by Crippen LogP contribution is 2.07. The standard InChI is InChI=1S/C21H29N7O2/c29-21(18-28-20(22-23-24-28)17-26-13-15-30-16-14-26)27-11-9-25(10-12-27)8-4-7-19-5-2-1-3-6-19/h1-7H,8-18H2. The summed E-state index contributed by atoms with van der Waals surface area (Å²) in [6.07, 6.45) is 4.33. The summed E-state index contributed by atoms with van der Waals surface area (Å²) in [5.74, 6) is 0.806. The van der Waals surface area contributed by atoms with E-state index < -0.39 is 0 Å². The van der Waals surface area contributed by atoms with Gasteiger partial charge in [-0.25, -0.2) is 4.68 Å². The zero-order valence-electron chi connectivity index (χ0n) is 17.3. The summed E-state index contributed by atoms with van der Waals surface area (Å²) < 4.78 is 7.01. The van der Waals surface area contributed by atoms with Gasteiger partial charge in [-0.05, 0) is 16.0 Å². The molecule has 4 rings (SSSR count). The van der Waals surface area contributed by atoms with Gasteiger partial charge < -0.3 is 9.64 Å². The van der Waals surface area contributed by atoms with Crippen LogP contribution in [0.5, 0.6) is 0 Å². The van der Waals surface area contributed by atoms with Crippen molar-refractivity contribution in [3.8, 4) is 0 Å². The first-order valence-electron chi connectivity index (χ1n) is 10.5. The van der Waals surface area contributed by atoms with Crippen LogP contribution >= 0.6 is 0 Å².